The van der Waals surface area contributed by atoms with E-state index >= 15 is 0 Å². The Morgan fingerprint density at radius 2 is 1.92 bits per heavy atom. The minimum atomic E-state index is -0.279. The summed E-state index contributed by atoms with van der Waals surface area (Å²) in [6.07, 6.45) is 2.26. The normalized spacial score (nSPS) is 20.1. The number of carbonyl (C=O) groups excluding carboxylic acids is 2. The van der Waals surface area contributed by atoms with Crippen molar-refractivity contribution in [2.24, 2.45) is 11.8 Å². The predicted octanol–water partition coefficient (Wildman–Crippen LogP) is 3.30. The number of urea groups is 1. The standard InChI is InChI=1S/C20H30FN3O2/c1-4-16-13-24(20(26)23-14(2)3)10-9-17(16)11-19(25)22-12-15-5-7-18(21)8-6-15/h5-8,14,16-17H,4,9-13H2,1-3H3,(H,22,25)(H,23,26)/t16-,17-/m0/s1. The van der Waals surface area contributed by atoms with E-state index in [2.05, 4.69) is 17.6 Å². The largest absolute Gasteiger partial charge is 0.352 e. The molecule has 0 unspecified atom stereocenters. The van der Waals surface area contributed by atoms with Crippen LogP contribution in [0.1, 0.15) is 45.6 Å². The Balaban J connectivity index is 1.82. The van der Waals surface area contributed by atoms with Gasteiger partial charge >= 0.3 is 6.03 Å². The van der Waals surface area contributed by atoms with Gasteiger partial charge in [-0.3, -0.25) is 4.79 Å². The van der Waals surface area contributed by atoms with Gasteiger partial charge in [0.2, 0.25) is 5.91 Å². The Labute approximate surface area is 155 Å². The maximum atomic E-state index is 12.9. The summed E-state index contributed by atoms with van der Waals surface area (Å²) in [6.45, 7) is 7.81. The van der Waals surface area contributed by atoms with Crippen molar-refractivity contribution in [2.75, 3.05) is 13.1 Å². The minimum Gasteiger partial charge on any atom is -0.352 e. The van der Waals surface area contributed by atoms with Gasteiger partial charge in [-0.05, 0) is 49.8 Å². The summed E-state index contributed by atoms with van der Waals surface area (Å²) < 4.78 is 12.9. The first-order chi connectivity index (χ1) is 12.4. The van der Waals surface area contributed by atoms with Crippen LogP contribution in [0.2, 0.25) is 0 Å². The number of nitrogens with zero attached hydrogens (tertiary/aromatic N) is 1. The van der Waals surface area contributed by atoms with E-state index in [0.29, 0.717) is 32.0 Å². The zero-order chi connectivity index (χ0) is 19.1. The molecule has 0 spiro atoms. The molecule has 144 valence electrons. The van der Waals surface area contributed by atoms with Crippen molar-refractivity contribution in [2.45, 2.75) is 52.6 Å². The van der Waals surface area contributed by atoms with Gasteiger partial charge in [0.1, 0.15) is 5.82 Å². The van der Waals surface area contributed by atoms with Crippen LogP contribution in [0.3, 0.4) is 0 Å². The fourth-order valence-corrected chi connectivity index (χ4v) is 3.45. The summed E-state index contributed by atoms with van der Waals surface area (Å²) in [5.41, 5.74) is 0.881. The number of hydrogen-bond donors (Lipinski definition) is 2. The zero-order valence-electron chi connectivity index (χ0n) is 15.9. The molecule has 1 saturated heterocycles. The molecule has 6 heteroatoms. The van der Waals surface area contributed by atoms with Gasteiger partial charge in [0.05, 0.1) is 0 Å². The second-order valence-corrected chi connectivity index (χ2v) is 7.37. The van der Waals surface area contributed by atoms with Crippen molar-refractivity contribution in [3.8, 4) is 0 Å². The van der Waals surface area contributed by atoms with Crippen LogP contribution in [0.25, 0.3) is 0 Å². The summed E-state index contributed by atoms with van der Waals surface area (Å²) in [6, 6.07) is 6.25. The number of hydrogen-bond acceptors (Lipinski definition) is 2. The van der Waals surface area contributed by atoms with Gasteiger partial charge in [-0.1, -0.05) is 25.5 Å². The molecule has 1 aromatic rings. The van der Waals surface area contributed by atoms with Crippen molar-refractivity contribution in [1.82, 2.24) is 15.5 Å². The Morgan fingerprint density at radius 1 is 1.23 bits per heavy atom. The quantitative estimate of drug-likeness (QED) is 0.815. The number of likely N-dealkylation sites (tertiary alicyclic amines) is 1. The van der Waals surface area contributed by atoms with Gasteiger partial charge in [0, 0.05) is 32.1 Å². The number of carbonyl (C=O) groups is 2. The van der Waals surface area contributed by atoms with Gasteiger partial charge in [-0.2, -0.15) is 0 Å². The van der Waals surface area contributed by atoms with Crippen molar-refractivity contribution >= 4 is 11.9 Å². The molecule has 1 aliphatic heterocycles. The van der Waals surface area contributed by atoms with Crippen LogP contribution in [0.5, 0.6) is 0 Å². The van der Waals surface area contributed by atoms with E-state index in [1.807, 2.05) is 18.7 Å². The summed E-state index contributed by atoms with van der Waals surface area (Å²) in [5, 5.41) is 5.85. The van der Waals surface area contributed by atoms with Gasteiger partial charge in [-0.25, -0.2) is 9.18 Å². The van der Waals surface area contributed by atoms with Crippen LogP contribution in [0, 0.1) is 17.7 Å². The highest BCUT2D eigenvalue weighted by Gasteiger charge is 2.31. The summed E-state index contributed by atoms with van der Waals surface area (Å²) in [4.78, 5) is 26.3. The van der Waals surface area contributed by atoms with E-state index in [1.54, 1.807) is 12.1 Å². The number of rotatable bonds is 6. The Bertz CT molecular complexity index is 604. The summed E-state index contributed by atoms with van der Waals surface area (Å²) in [7, 11) is 0. The van der Waals surface area contributed by atoms with Crippen LogP contribution in [0.4, 0.5) is 9.18 Å². The van der Waals surface area contributed by atoms with Crippen LogP contribution < -0.4 is 10.6 Å². The lowest BCUT2D eigenvalue weighted by Gasteiger charge is -2.38. The van der Waals surface area contributed by atoms with E-state index in [4.69, 9.17) is 0 Å². The molecule has 2 rings (SSSR count). The highest BCUT2D eigenvalue weighted by Crippen LogP contribution is 2.29. The molecule has 1 aliphatic rings. The summed E-state index contributed by atoms with van der Waals surface area (Å²) in [5.74, 6) is 0.353. The molecule has 0 aromatic heterocycles. The molecular weight excluding hydrogens is 333 g/mol. The van der Waals surface area contributed by atoms with E-state index in [-0.39, 0.29) is 29.7 Å². The minimum absolute atomic E-state index is 0.0119. The van der Waals surface area contributed by atoms with Gasteiger partial charge in [0.15, 0.2) is 0 Å². The Morgan fingerprint density at radius 3 is 2.54 bits per heavy atom. The van der Waals surface area contributed by atoms with Gasteiger partial charge in [-0.15, -0.1) is 0 Å². The van der Waals surface area contributed by atoms with E-state index in [9.17, 15) is 14.0 Å². The molecule has 0 bridgehead atoms. The molecule has 26 heavy (non-hydrogen) atoms. The molecule has 3 amide bonds. The molecule has 1 heterocycles. The molecular formula is C20H30FN3O2. The molecule has 2 N–H and O–H groups in total. The topological polar surface area (TPSA) is 61.4 Å². The molecule has 0 radical (unpaired) electrons. The lowest BCUT2D eigenvalue weighted by molar-refractivity contribution is -0.123. The predicted molar refractivity (Wildman–Crippen MR) is 100.0 cm³/mol. The monoisotopic (exact) mass is 363 g/mol. The maximum absolute atomic E-state index is 12.9. The smallest absolute Gasteiger partial charge is 0.317 e. The first-order valence-electron chi connectivity index (χ1n) is 9.45. The second-order valence-electron chi connectivity index (χ2n) is 7.37. The first-order valence-corrected chi connectivity index (χ1v) is 9.45. The van der Waals surface area contributed by atoms with Crippen molar-refractivity contribution < 1.29 is 14.0 Å². The number of nitrogens with one attached hydrogen (secondary N) is 2. The first kappa shape index (κ1) is 20.2. The van der Waals surface area contributed by atoms with Gasteiger partial charge in [0.25, 0.3) is 0 Å². The van der Waals surface area contributed by atoms with Crippen molar-refractivity contribution in [3.63, 3.8) is 0 Å². The average Bonchev–Trinajstić information content (AvgIpc) is 2.61. The van der Waals surface area contributed by atoms with E-state index < -0.39 is 0 Å². The van der Waals surface area contributed by atoms with Crippen LogP contribution >= 0.6 is 0 Å². The fourth-order valence-electron chi connectivity index (χ4n) is 3.45. The lowest BCUT2D eigenvalue weighted by Crippen LogP contribution is -2.50. The third-order valence-electron chi connectivity index (χ3n) is 4.97. The maximum Gasteiger partial charge on any atom is 0.317 e. The van der Waals surface area contributed by atoms with Crippen LogP contribution in [-0.4, -0.2) is 36.0 Å². The number of piperidine rings is 1. The van der Waals surface area contributed by atoms with Crippen LogP contribution in [0.15, 0.2) is 24.3 Å². The number of benzene rings is 1. The number of amides is 3. The Kier molecular flexibility index (Phi) is 7.42. The Hall–Kier alpha value is -2.11. The van der Waals surface area contributed by atoms with Crippen molar-refractivity contribution in [1.29, 1.82) is 0 Å². The van der Waals surface area contributed by atoms with Gasteiger partial charge < -0.3 is 15.5 Å². The lowest BCUT2D eigenvalue weighted by atomic mass is 9.81. The molecule has 0 aliphatic carbocycles. The molecule has 1 fully saturated rings. The second kappa shape index (κ2) is 9.55. The van der Waals surface area contributed by atoms with E-state index in [0.717, 1.165) is 18.4 Å². The summed E-state index contributed by atoms with van der Waals surface area (Å²) >= 11 is 0. The van der Waals surface area contributed by atoms with Crippen molar-refractivity contribution in [3.05, 3.63) is 35.6 Å². The molecule has 2 atom stereocenters. The van der Waals surface area contributed by atoms with E-state index in [1.165, 1.54) is 12.1 Å². The average molecular weight is 363 g/mol. The molecule has 5 nitrogen and oxygen atoms in total. The third kappa shape index (κ3) is 6.00. The molecule has 1 aromatic carbocycles. The van der Waals surface area contributed by atoms with Crippen LogP contribution in [-0.2, 0) is 11.3 Å². The highest BCUT2D eigenvalue weighted by molar-refractivity contribution is 5.76. The third-order valence-corrected chi connectivity index (χ3v) is 4.97. The number of halogens is 1. The zero-order valence-corrected chi connectivity index (χ0v) is 15.9. The SMILES string of the molecule is CC[C@H]1CN(C(=O)NC(C)C)CC[C@H]1CC(=O)NCc1ccc(F)cc1. The highest BCUT2D eigenvalue weighted by atomic mass is 19.1. The molecule has 0 saturated carbocycles. The fraction of sp³-hybridized carbons (Fsp3) is 0.600.